The second kappa shape index (κ2) is 7.56. The van der Waals surface area contributed by atoms with E-state index in [2.05, 4.69) is 29.6 Å². The minimum absolute atomic E-state index is 0.207. The average Bonchev–Trinajstić information content (AvgIpc) is 2.49. The Labute approximate surface area is 120 Å². The predicted molar refractivity (Wildman–Crippen MR) is 82.4 cm³/mol. The molecular formula is C17H21NO2. The number of benzene rings is 2. The van der Waals surface area contributed by atoms with Gasteiger partial charge in [-0.2, -0.15) is 0 Å². The van der Waals surface area contributed by atoms with Crippen molar-refractivity contribution in [1.29, 1.82) is 0 Å². The number of nitrogens with one attached hydrogen (secondary N) is 1. The molecule has 0 spiro atoms. The van der Waals surface area contributed by atoms with E-state index in [9.17, 15) is 0 Å². The molecular weight excluding hydrogens is 250 g/mol. The van der Waals surface area contributed by atoms with E-state index in [1.807, 2.05) is 30.3 Å². The first kappa shape index (κ1) is 14.4. The number of hydrogen-bond donors (Lipinski definition) is 1. The molecule has 0 radical (unpaired) electrons. The van der Waals surface area contributed by atoms with Crippen molar-refractivity contribution in [3.05, 3.63) is 60.2 Å². The minimum Gasteiger partial charge on any atom is -0.495 e. The highest BCUT2D eigenvalue weighted by Crippen LogP contribution is 2.24. The van der Waals surface area contributed by atoms with Crippen molar-refractivity contribution >= 4 is 5.69 Å². The fourth-order valence-corrected chi connectivity index (χ4v) is 2.24. The van der Waals surface area contributed by atoms with Crippen LogP contribution in [0.15, 0.2) is 54.6 Å². The maximum atomic E-state index is 5.37. The van der Waals surface area contributed by atoms with Crippen molar-refractivity contribution in [3.8, 4) is 5.75 Å². The lowest BCUT2D eigenvalue weighted by atomic mass is 10.1. The summed E-state index contributed by atoms with van der Waals surface area (Å²) in [5.74, 6) is 0.849. The van der Waals surface area contributed by atoms with E-state index in [-0.39, 0.29) is 6.04 Å². The van der Waals surface area contributed by atoms with Gasteiger partial charge in [-0.15, -0.1) is 0 Å². The number of methoxy groups -OCH3 is 2. The van der Waals surface area contributed by atoms with Crippen LogP contribution in [-0.4, -0.2) is 26.9 Å². The molecule has 1 atom stereocenters. The van der Waals surface area contributed by atoms with Gasteiger partial charge in [0.25, 0.3) is 0 Å². The molecule has 0 aliphatic rings. The Morgan fingerprint density at radius 3 is 2.35 bits per heavy atom. The largest absolute Gasteiger partial charge is 0.495 e. The summed E-state index contributed by atoms with van der Waals surface area (Å²) in [6.45, 7) is 0.646. The maximum absolute atomic E-state index is 5.37. The van der Waals surface area contributed by atoms with Gasteiger partial charge in [-0.25, -0.2) is 0 Å². The summed E-state index contributed by atoms with van der Waals surface area (Å²) in [6.07, 6.45) is 0.909. The van der Waals surface area contributed by atoms with Crippen molar-refractivity contribution in [3.63, 3.8) is 0 Å². The SMILES string of the molecule is COC[C@H](Cc1ccccc1)Nc1ccccc1OC. The van der Waals surface area contributed by atoms with Crippen molar-refractivity contribution in [2.75, 3.05) is 26.1 Å². The fraction of sp³-hybridized carbons (Fsp3) is 0.294. The Morgan fingerprint density at radius 1 is 0.950 bits per heavy atom. The molecule has 1 N–H and O–H groups in total. The van der Waals surface area contributed by atoms with Crippen LogP contribution in [0, 0.1) is 0 Å². The van der Waals surface area contributed by atoms with E-state index in [4.69, 9.17) is 9.47 Å². The molecule has 0 aliphatic carbocycles. The minimum atomic E-state index is 0.207. The number of hydrogen-bond acceptors (Lipinski definition) is 3. The summed E-state index contributed by atoms with van der Waals surface area (Å²) in [6, 6.07) is 18.6. The summed E-state index contributed by atoms with van der Waals surface area (Å²) < 4.78 is 10.7. The molecule has 0 bridgehead atoms. The van der Waals surface area contributed by atoms with Gasteiger partial charge >= 0.3 is 0 Å². The molecule has 20 heavy (non-hydrogen) atoms. The van der Waals surface area contributed by atoms with Gasteiger partial charge in [0.2, 0.25) is 0 Å². The van der Waals surface area contributed by atoms with Gasteiger partial charge < -0.3 is 14.8 Å². The molecule has 0 amide bonds. The fourth-order valence-electron chi connectivity index (χ4n) is 2.24. The van der Waals surface area contributed by atoms with Crippen LogP contribution in [0.3, 0.4) is 0 Å². The summed E-state index contributed by atoms with van der Waals surface area (Å²) >= 11 is 0. The third-order valence-corrected chi connectivity index (χ3v) is 3.16. The van der Waals surface area contributed by atoms with Crippen molar-refractivity contribution in [2.45, 2.75) is 12.5 Å². The van der Waals surface area contributed by atoms with Crippen LogP contribution >= 0.6 is 0 Å². The first-order chi connectivity index (χ1) is 9.83. The second-order valence-corrected chi connectivity index (χ2v) is 4.69. The van der Waals surface area contributed by atoms with Crippen LogP contribution in [0.5, 0.6) is 5.75 Å². The van der Waals surface area contributed by atoms with Gasteiger partial charge in [0.05, 0.1) is 25.4 Å². The number of ether oxygens (including phenoxy) is 2. The van der Waals surface area contributed by atoms with Gasteiger partial charge in [-0.3, -0.25) is 0 Å². The topological polar surface area (TPSA) is 30.5 Å². The van der Waals surface area contributed by atoms with Gasteiger partial charge in [-0.1, -0.05) is 42.5 Å². The Morgan fingerprint density at radius 2 is 1.65 bits per heavy atom. The monoisotopic (exact) mass is 271 g/mol. The van der Waals surface area contributed by atoms with Gasteiger partial charge in [0.1, 0.15) is 5.75 Å². The zero-order valence-corrected chi connectivity index (χ0v) is 12.0. The normalized spacial score (nSPS) is 11.9. The van der Waals surface area contributed by atoms with Crippen LogP contribution in [0.4, 0.5) is 5.69 Å². The Hall–Kier alpha value is -2.00. The molecule has 0 saturated carbocycles. The summed E-state index contributed by atoms with van der Waals surface area (Å²) in [4.78, 5) is 0. The quantitative estimate of drug-likeness (QED) is 0.837. The predicted octanol–water partition coefficient (Wildman–Crippen LogP) is 3.36. The smallest absolute Gasteiger partial charge is 0.141 e. The van der Waals surface area contributed by atoms with Crippen LogP contribution in [-0.2, 0) is 11.2 Å². The van der Waals surface area contributed by atoms with Crippen LogP contribution in [0.25, 0.3) is 0 Å². The number of para-hydroxylation sites is 2. The first-order valence-corrected chi connectivity index (χ1v) is 6.76. The van der Waals surface area contributed by atoms with E-state index in [0.29, 0.717) is 6.61 Å². The van der Waals surface area contributed by atoms with E-state index < -0.39 is 0 Å². The first-order valence-electron chi connectivity index (χ1n) is 6.76. The molecule has 0 heterocycles. The average molecular weight is 271 g/mol. The van der Waals surface area contributed by atoms with E-state index in [0.717, 1.165) is 17.9 Å². The van der Waals surface area contributed by atoms with E-state index in [1.54, 1.807) is 14.2 Å². The van der Waals surface area contributed by atoms with Gasteiger partial charge in [-0.05, 0) is 24.1 Å². The lowest BCUT2D eigenvalue weighted by molar-refractivity contribution is 0.185. The van der Waals surface area contributed by atoms with Crippen molar-refractivity contribution in [2.24, 2.45) is 0 Å². The molecule has 2 aromatic carbocycles. The molecule has 0 unspecified atom stereocenters. The number of rotatable bonds is 7. The number of anilines is 1. The standard InChI is InChI=1S/C17H21NO2/c1-19-13-15(12-14-8-4-3-5-9-14)18-16-10-6-7-11-17(16)20-2/h3-11,15,18H,12-13H2,1-2H3/t15-/m0/s1. The van der Waals surface area contributed by atoms with Crippen molar-refractivity contribution in [1.82, 2.24) is 0 Å². The maximum Gasteiger partial charge on any atom is 0.141 e. The van der Waals surface area contributed by atoms with Crippen LogP contribution < -0.4 is 10.1 Å². The van der Waals surface area contributed by atoms with Gasteiger partial charge in [0.15, 0.2) is 0 Å². The van der Waals surface area contributed by atoms with Crippen molar-refractivity contribution < 1.29 is 9.47 Å². The Kier molecular flexibility index (Phi) is 5.44. The molecule has 0 fully saturated rings. The highest BCUT2D eigenvalue weighted by molar-refractivity contribution is 5.56. The van der Waals surface area contributed by atoms with Crippen LogP contribution in [0.2, 0.25) is 0 Å². The Balaban J connectivity index is 2.09. The Bertz CT molecular complexity index is 513. The molecule has 2 aromatic rings. The summed E-state index contributed by atoms with van der Waals surface area (Å²) in [5, 5.41) is 3.50. The molecule has 0 aliphatic heterocycles. The van der Waals surface area contributed by atoms with E-state index >= 15 is 0 Å². The molecule has 106 valence electrons. The van der Waals surface area contributed by atoms with Crippen LogP contribution in [0.1, 0.15) is 5.56 Å². The third-order valence-electron chi connectivity index (χ3n) is 3.16. The zero-order chi connectivity index (χ0) is 14.2. The molecule has 2 rings (SSSR count). The lowest BCUT2D eigenvalue weighted by Crippen LogP contribution is -2.27. The zero-order valence-electron chi connectivity index (χ0n) is 12.0. The highest BCUT2D eigenvalue weighted by atomic mass is 16.5. The molecule has 3 nitrogen and oxygen atoms in total. The molecule has 0 aromatic heterocycles. The van der Waals surface area contributed by atoms with E-state index in [1.165, 1.54) is 5.56 Å². The lowest BCUT2D eigenvalue weighted by Gasteiger charge is -2.20. The third kappa shape index (κ3) is 4.00. The molecule has 0 saturated heterocycles. The molecule has 3 heteroatoms. The van der Waals surface area contributed by atoms with Gasteiger partial charge in [0, 0.05) is 7.11 Å². The highest BCUT2D eigenvalue weighted by Gasteiger charge is 2.11. The second-order valence-electron chi connectivity index (χ2n) is 4.69. The summed E-state index contributed by atoms with van der Waals surface area (Å²) in [5.41, 5.74) is 2.28. The summed E-state index contributed by atoms with van der Waals surface area (Å²) in [7, 11) is 3.41.